The van der Waals surface area contributed by atoms with E-state index in [1.807, 2.05) is 36.9 Å². The molecule has 0 bridgehead atoms. The van der Waals surface area contributed by atoms with Crippen molar-refractivity contribution in [3.05, 3.63) is 35.5 Å². The first-order chi connectivity index (χ1) is 10.1. The number of ether oxygens (including phenoxy) is 2. The van der Waals surface area contributed by atoms with Crippen molar-refractivity contribution in [1.82, 2.24) is 9.78 Å². The van der Waals surface area contributed by atoms with Crippen LogP contribution in [0.4, 0.5) is 0 Å². The molecule has 1 unspecified atom stereocenters. The van der Waals surface area contributed by atoms with Gasteiger partial charge in [-0.2, -0.15) is 5.10 Å². The molecule has 0 spiro atoms. The minimum absolute atomic E-state index is 0.0546. The summed E-state index contributed by atoms with van der Waals surface area (Å²) in [5, 5.41) is 5.46. The van der Waals surface area contributed by atoms with E-state index >= 15 is 0 Å². The average Bonchev–Trinajstić information content (AvgIpc) is 2.82. The van der Waals surface area contributed by atoms with Crippen LogP contribution in [0.2, 0.25) is 0 Å². The van der Waals surface area contributed by atoms with E-state index in [2.05, 4.69) is 11.2 Å². The highest BCUT2D eigenvalue weighted by molar-refractivity contribution is 7.99. The summed E-state index contributed by atoms with van der Waals surface area (Å²) < 4.78 is 13.0. The molecule has 0 radical (unpaired) electrons. The van der Waals surface area contributed by atoms with Crippen LogP contribution >= 0.6 is 11.8 Å². The molecule has 1 aromatic heterocycles. The van der Waals surface area contributed by atoms with Gasteiger partial charge in [0, 0.05) is 18.8 Å². The number of thioether (sulfide) groups is 1. The third-order valence-corrected chi connectivity index (χ3v) is 4.57. The van der Waals surface area contributed by atoms with Crippen LogP contribution in [0.25, 0.3) is 0 Å². The summed E-state index contributed by atoms with van der Waals surface area (Å²) in [6.45, 7) is 3.19. The van der Waals surface area contributed by atoms with E-state index in [9.17, 15) is 0 Å². The first kappa shape index (κ1) is 14.3. The van der Waals surface area contributed by atoms with Crippen LogP contribution in [-0.4, -0.2) is 28.7 Å². The van der Waals surface area contributed by atoms with Crippen LogP contribution in [0.5, 0.6) is 11.5 Å². The molecule has 1 aliphatic rings. The highest BCUT2D eigenvalue weighted by atomic mass is 32.2. The van der Waals surface area contributed by atoms with Gasteiger partial charge in [-0.15, -0.1) is 11.8 Å². The second-order valence-electron chi connectivity index (χ2n) is 5.07. The van der Waals surface area contributed by atoms with Crippen molar-refractivity contribution in [1.29, 1.82) is 0 Å². The van der Waals surface area contributed by atoms with Crippen molar-refractivity contribution in [2.45, 2.75) is 18.0 Å². The van der Waals surface area contributed by atoms with Crippen LogP contribution in [-0.2, 0) is 7.05 Å². The zero-order valence-electron chi connectivity index (χ0n) is 12.2. The van der Waals surface area contributed by atoms with E-state index < -0.39 is 0 Å². The number of rotatable bonds is 4. The third-order valence-electron chi connectivity index (χ3n) is 3.36. The van der Waals surface area contributed by atoms with Gasteiger partial charge >= 0.3 is 0 Å². The Hall–Kier alpha value is -1.66. The van der Waals surface area contributed by atoms with E-state index in [0.717, 1.165) is 33.5 Å². The quantitative estimate of drug-likeness (QED) is 0.878. The maximum absolute atomic E-state index is 6.29. The number of aromatic nitrogens is 2. The Kier molecular flexibility index (Phi) is 4.07. The number of benzene rings is 1. The largest absolute Gasteiger partial charge is 0.486 e. The van der Waals surface area contributed by atoms with E-state index in [0.29, 0.717) is 13.2 Å². The lowest BCUT2D eigenvalue weighted by molar-refractivity contribution is 0.171. The average molecular weight is 305 g/mol. The second-order valence-corrected chi connectivity index (χ2v) is 6.11. The van der Waals surface area contributed by atoms with Gasteiger partial charge in [-0.25, -0.2) is 0 Å². The van der Waals surface area contributed by atoms with Crippen LogP contribution in [0.1, 0.15) is 17.3 Å². The monoisotopic (exact) mass is 305 g/mol. The lowest BCUT2D eigenvalue weighted by Crippen LogP contribution is -2.17. The predicted molar refractivity (Wildman–Crippen MR) is 83.0 cm³/mol. The highest BCUT2D eigenvalue weighted by Crippen LogP contribution is 2.33. The van der Waals surface area contributed by atoms with E-state index in [1.54, 1.807) is 11.8 Å². The van der Waals surface area contributed by atoms with E-state index in [4.69, 9.17) is 15.2 Å². The van der Waals surface area contributed by atoms with Crippen molar-refractivity contribution >= 4 is 11.8 Å². The van der Waals surface area contributed by atoms with Gasteiger partial charge < -0.3 is 15.2 Å². The highest BCUT2D eigenvalue weighted by Gasteiger charge is 2.15. The number of hydrogen-bond acceptors (Lipinski definition) is 5. The molecule has 2 heterocycles. The molecule has 21 heavy (non-hydrogen) atoms. The minimum Gasteiger partial charge on any atom is -0.486 e. The Balaban J connectivity index is 1.67. The Morgan fingerprint density at radius 3 is 2.76 bits per heavy atom. The second kappa shape index (κ2) is 5.99. The fraction of sp³-hybridized carbons (Fsp3) is 0.400. The molecule has 5 nitrogen and oxygen atoms in total. The van der Waals surface area contributed by atoms with Crippen LogP contribution in [0.3, 0.4) is 0 Å². The fourth-order valence-electron chi connectivity index (χ4n) is 2.28. The topological polar surface area (TPSA) is 62.3 Å². The zero-order valence-corrected chi connectivity index (χ0v) is 13.0. The molecule has 1 aromatic carbocycles. The standard InChI is InChI=1S/C15H19N3O2S/c1-10-7-15(18(2)17-10)21-9-12(16)11-3-4-13-14(8-11)20-6-5-19-13/h3-4,7-8,12H,5-6,9,16H2,1-2H3. The normalized spacial score (nSPS) is 15.0. The third kappa shape index (κ3) is 3.16. The first-order valence-electron chi connectivity index (χ1n) is 6.92. The van der Waals surface area contributed by atoms with Gasteiger partial charge in [0.25, 0.3) is 0 Å². The SMILES string of the molecule is Cc1cc(SCC(N)c2ccc3c(c2)OCCO3)n(C)n1. The van der Waals surface area contributed by atoms with Crippen LogP contribution in [0, 0.1) is 6.92 Å². The molecular formula is C15H19N3O2S. The Morgan fingerprint density at radius 2 is 2.05 bits per heavy atom. The van der Waals surface area contributed by atoms with Gasteiger partial charge in [0.2, 0.25) is 0 Å². The Labute approximate surface area is 128 Å². The van der Waals surface area contributed by atoms with Gasteiger partial charge in [0.1, 0.15) is 13.2 Å². The van der Waals surface area contributed by atoms with Gasteiger partial charge in [0.15, 0.2) is 11.5 Å². The number of aryl methyl sites for hydroxylation is 2. The molecule has 0 saturated heterocycles. The van der Waals surface area contributed by atoms with E-state index in [-0.39, 0.29) is 6.04 Å². The number of nitrogens with zero attached hydrogens (tertiary/aromatic N) is 2. The van der Waals surface area contributed by atoms with Gasteiger partial charge in [0.05, 0.1) is 10.7 Å². The summed E-state index contributed by atoms with van der Waals surface area (Å²) in [4.78, 5) is 0. The summed E-state index contributed by atoms with van der Waals surface area (Å²) in [7, 11) is 1.95. The maximum atomic E-state index is 6.29. The van der Waals surface area contributed by atoms with Crippen LogP contribution < -0.4 is 15.2 Å². The molecule has 0 saturated carbocycles. The Morgan fingerprint density at radius 1 is 1.29 bits per heavy atom. The van der Waals surface area contributed by atoms with Gasteiger partial charge in [-0.1, -0.05) is 6.07 Å². The van der Waals surface area contributed by atoms with Crippen molar-refractivity contribution in [3.63, 3.8) is 0 Å². The minimum atomic E-state index is -0.0546. The molecule has 2 aromatic rings. The molecule has 2 N–H and O–H groups in total. The van der Waals surface area contributed by atoms with Crippen molar-refractivity contribution in [3.8, 4) is 11.5 Å². The predicted octanol–water partition coefficient (Wildman–Crippen LogP) is 2.29. The summed E-state index contributed by atoms with van der Waals surface area (Å²) in [5.74, 6) is 2.38. The molecule has 112 valence electrons. The molecular weight excluding hydrogens is 286 g/mol. The zero-order chi connectivity index (χ0) is 14.8. The maximum Gasteiger partial charge on any atom is 0.161 e. The molecule has 6 heteroatoms. The molecule has 0 amide bonds. The van der Waals surface area contributed by atoms with Crippen molar-refractivity contribution in [2.24, 2.45) is 12.8 Å². The number of nitrogens with two attached hydrogens (primary N) is 1. The lowest BCUT2D eigenvalue weighted by Gasteiger charge is -2.20. The van der Waals surface area contributed by atoms with Gasteiger partial charge in [-0.05, 0) is 30.7 Å². The fourth-order valence-corrected chi connectivity index (χ4v) is 3.31. The van der Waals surface area contributed by atoms with E-state index in [1.165, 1.54) is 0 Å². The van der Waals surface area contributed by atoms with Crippen molar-refractivity contribution < 1.29 is 9.47 Å². The molecule has 0 aliphatic carbocycles. The van der Waals surface area contributed by atoms with Crippen LogP contribution in [0.15, 0.2) is 29.3 Å². The molecule has 0 fully saturated rings. The Bertz CT molecular complexity index is 642. The molecule has 3 rings (SSSR count). The summed E-state index contributed by atoms with van der Waals surface area (Å²) in [6.07, 6.45) is 0. The lowest BCUT2D eigenvalue weighted by atomic mass is 10.1. The summed E-state index contributed by atoms with van der Waals surface area (Å²) >= 11 is 1.71. The smallest absolute Gasteiger partial charge is 0.161 e. The van der Waals surface area contributed by atoms with Gasteiger partial charge in [-0.3, -0.25) is 4.68 Å². The molecule has 1 aliphatic heterocycles. The van der Waals surface area contributed by atoms with Crippen molar-refractivity contribution in [2.75, 3.05) is 19.0 Å². The number of hydrogen-bond donors (Lipinski definition) is 1. The summed E-state index contributed by atoms with van der Waals surface area (Å²) in [6, 6.07) is 7.94. The molecule has 1 atom stereocenters. The number of fused-ring (bicyclic) bond motifs is 1. The first-order valence-corrected chi connectivity index (χ1v) is 7.90. The summed E-state index contributed by atoms with van der Waals surface area (Å²) in [5.41, 5.74) is 8.37.